The minimum atomic E-state index is -0.361. The predicted molar refractivity (Wildman–Crippen MR) is 65.1 cm³/mol. The second-order valence-corrected chi connectivity index (χ2v) is 4.41. The summed E-state index contributed by atoms with van der Waals surface area (Å²) < 4.78 is 0. The van der Waals surface area contributed by atoms with Crippen molar-refractivity contribution < 1.29 is 5.11 Å². The number of nitrogen functional groups attached to an aromatic ring is 1. The van der Waals surface area contributed by atoms with Crippen molar-refractivity contribution in [2.24, 2.45) is 0 Å². The minimum Gasteiger partial charge on any atom is -0.398 e. The molecule has 16 heavy (non-hydrogen) atoms. The number of nitriles is 1. The lowest BCUT2D eigenvalue weighted by Crippen LogP contribution is -2.44. The summed E-state index contributed by atoms with van der Waals surface area (Å²) >= 11 is 0. The average molecular weight is 219 g/mol. The van der Waals surface area contributed by atoms with E-state index >= 15 is 0 Å². The van der Waals surface area contributed by atoms with Gasteiger partial charge in [0.05, 0.1) is 23.4 Å². The molecule has 0 heterocycles. The molecule has 4 heteroatoms. The third kappa shape index (κ3) is 2.26. The molecule has 1 aromatic rings. The Hall–Kier alpha value is -1.73. The summed E-state index contributed by atoms with van der Waals surface area (Å²) in [5.41, 5.74) is 7.20. The highest BCUT2D eigenvalue weighted by Gasteiger charge is 2.22. The normalized spacial score (nSPS) is 10.9. The molecule has 1 rings (SSSR count). The quantitative estimate of drug-likeness (QED) is 0.752. The molecule has 0 amide bonds. The van der Waals surface area contributed by atoms with Crippen LogP contribution in [0, 0.1) is 11.3 Å². The third-order valence-electron chi connectivity index (χ3n) is 2.84. The second kappa shape index (κ2) is 4.42. The molecule has 0 saturated carbocycles. The Bertz CT molecular complexity index is 421. The number of benzene rings is 1. The molecule has 0 unspecified atom stereocenters. The Labute approximate surface area is 95.9 Å². The fourth-order valence-corrected chi connectivity index (χ4v) is 1.32. The predicted octanol–water partition coefficient (Wildman–Crippen LogP) is 1.35. The van der Waals surface area contributed by atoms with Crippen molar-refractivity contribution in [2.75, 3.05) is 24.3 Å². The molecule has 0 radical (unpaired) electrons. The van der Waals surface area contributed by atoms with E-state index in [9.17, 15) is 5.11 Å². The van der Waals surface area contributed by atoms with E-state index in [2.05, 4.69) is 0 Å². The molecular formula is C12H17N3O. The standard InChI is InChI=1S/C12H17N3O/c1-12(2,8-16)15(3)10-5-4-9(7-13)11(14)6-10/h4-6,16H,8,14H2,1-3H3. The zero-order valence-electron chi connectivity index (χ0n) is 9.86. The summed E-state index contributed by atoms with van der Waals surface area (Å²) in [5.74, 6) is 0. The monoisotopic (exact) mass is 219 g/mol. The Morgan fingerprint density at radius 2 is 2.12 bits per heavy atom. The number of rotatable bonds is 3. The van der Waals surface area contributed by atoms with E-state index in [0.717, 1.165) is 5.69 Å². The Morgan fingerprint density at radius 3 is 2.56 bits per heavy atom. The number of nitrogens with zero attached hydrogens (tertiary/aromatic N) is 2. The molecule has 0 atom stereocenters. The number of hydrogen-bond acceptors (Lipinski definition) is 4. The zero-order valence-corrected chi connectivity index (χ0v) is 9.86. The molecule has 1 aromatic carbocycles. The Kier molecular flexibility index (Phi) is 3.41. The molecule has 0 aliphatic rings. The minimum absolute atomic E-state index is 0.0450. The van der Waals surface area contributed by atoms with Crippen molar-refractivity contribution in [3.8, 4) is 6.07 Å². The summed E-state index contributed by atoms with van der Waals surface area (Å²) in [7, 11) is 1.89. The van der Waals surface area contributed by atoms with E-state index in [1.165, 1.54) is 0 Å². The van der Waals surface area contributed by atoms with Crippen molar-refractivity contribution in [3.63, 3.8) is 0 Å². The van der Waals surface area contributed by atoms with Crippen LogP contribution in [0.25, 0.3) is 0 Å². The molecule has 3 N–H and O–H groups in total. The van der Waals surface area contributed by atoms with Gasteiger partial charge in [-0.2, -0.15) is 5.26 Å². The van der Waals surface area contributed by atoms with Crippen molar-refractivity contribution in [2.45, 2.75) is 19.4 Å². The summed E-state index contributed by atoms with van der Waals surface area (Å²) in [6.07, 6.45) is 0. The summed E-state index contributed by atoms with van der Waals surface area (Å²) in [6, 6.07) is 7.28. The van der Waals surface area contributed by atoms with Gasteiger partial charge < -0.3 is 15.7 Å². The topological polar surface area (TPSA) is 73.3 Å². The van der Waals surface area contributed by atoms with E-state index in [-0.39, 0.29) is 12.1 Å². The third-order valence-corrected chi connectivity index (χ3v) is 2.84. The maximum atomic E-state index is 9.27. The van der Waals surface area contributed by atoms with Crippen LogP contribution in [-0.4, -0.2) is 24.3 Å². The van der Waals surface area contributed by atoms with Crippen molar-refractivity contribution in [1.29, 1.82) is 5.26 Å². The van der Waals surface area contributed by atoms with E-state index in [1.54, 1.807) is 12.1 Å². The molecule has 0 spiro atoms. The fourth-order valence-electron chi connectivity index (χ4n) is 1.32. The van der Waals surface area contributed by atoms with Crippen LogP contribution in [0.2, 0.25) is 0 Å². The van der Waals surface area contributed by atoms with E-state index in [0.29, 0.717) is 11.3 Å². The molecule has 86 valence electrons. The summed E-state index contributed by atoms with van der Waals surface area (Å²) in [6.45, 7) is 3.91. The van der Waals surface area contributed by atoms with E-state index in [1.807, 2.05) is 37.9 Å². The first-order valence-corrected chi connectivity index (χ1v) is 5.06. The maximum Gasteiger partial charge on any atom is 0.101 e. The van der Waals surface area contributed by atoms with Gasteiger partial charge in [-0.15, -0.1) is 0 Å². The molecule has 0 saturated heterocycles. The van der Waals surface area contributed by atoms with Gasteiger partial charge in [0.25, 0.3) is 0 Å². The first-order valence-electron chi connectivity index (χ1n) is 5.06. The number of aliphatic hydroxyl groups excluding tert-OH is 1. The lowest BCUT2D eigenvalue weighted by atomic mass is 10.0. The Balaban J connectivity index is 3.08. The van der Waals surface area contributed by atoms with Gasteiger partial charge in [-0.1, -0.05) is 0 Å². The lowest BCUT2D eigenvalue weighted by molar-refractivity contribution is 0.216. The van der Waals surface area contributed by atoms with Gasteiger partial charge in [0.2, 0.25) is 0 Å². The number of hydrogen-bond donors (Lipinski definition) is 2. The number of nitrogens with two attached hydrogens (primary N) is 1. The van der Waals surface area contributed by atoms with Gasteiger partial charge in [-0.25, -0.2) is 0 Å². The number of anilines is 2. The van der Waals surface area contributed by atoms with E-state index < -0.39 is 0 Å². The Morgan fingerprint density at radius 1 is 1.50 bits per heavy atom. The SMILES string of the molecule is CN(c1ccc(C#N)c(N)c1)C(C)(C)CO. The molecule has 0 bridgehead atoms. The summed E-state index contributed by atoms with van der Waals surface area (Å²) in [4.78, 5) is 1.94. The number of likely N-dealkylation sites (N-methyl/N-ethyl adjacent to an activating group) is 1. The van der Waals surface area contributed by atoms with Crippen LogP contribution in [0.5, 0.6) is 0 Å². The van der Waals surface area contributed by atoms with Gasteiger partial charge in [-0.05, 0) is 32.0 Å². The van der Waals surface area contributed by atoms with Crippen LogP contribution >= 0.6 is 0 Å². The zero-order chi connectivity index (χ0) is 12.3. The molecule has 0 fully saturated rings. The van der Waals surface area contributed by atoms with Gasteiger partial charge in [-0.3, -0.25) is 0 Å². The largest absolute Gasteiger partial charge is 0.398 e. The van der Waals surface area contributed by atoms with Crippen molar-refractivity contribution >= 4 is 11.4 Å². The highest BCUT2D eigenvalue weighted by atomic mass is 16.3. The van der Waals surface area contributed by atoms with Crippen LogP contribution in [-0.2, 0) is 0 Å². The summed E-state index contributed by atoms with van der Waals surface area (Å²) in [5, 5.41) is 18.0. The molecule has 0 aromatic heterocycles. The molecule has 0 aliphatic heterocycles. The van der Waals surface area contributed by atoms with Crippen LogP contribution in [0.1, 0.15) is 19.4 Å². The van der Waals surface area contributed by atoms with Crippen molar-refractivity contribution in [1.82, 2.24) is 0 Å². The fraction of sp³-hybridized carbons (Fsp3) is 0.417. The molecule has 4 nitrogen and oxygen atoms in total. The van der Waals surface area contributed by atoms with E-state index in [4.69, 9.17) is 11.0 Å². The first kappa shape index (κ1) is 12.3. The van der Waals surface area contributed by atoms with Crippen LogP contribution in [0.3, 0.4) is 0 Å². The first-order chi connectivity index (χ1) is 7.42. The van der Waals surface area contributed by atoms with Crippen molar-refractivity contribution in [3.05, 3.63) is 23.8 Å². The number of aliphatic hydroxyl groups is 1. The maximum absolute atomic E-state index is 9.27. The average Bonchev–Trinajstić information content (AvgIpc) is 2.27. The highest BCUT2D eigenvalue weighted by molar-refractivity contribution is 5.64. The molecular weight excluding hydrogens is 202 g/mol. The van der Waals surface area contributed by atoms with Crippen LogP contribution in [0.15, 0.2) is 18.2 Å². The van der Waals surface area contributed by atoms with Gasteiger partial charge in [0.1, 0.15) is 6.07 Å². The van der Waals surface area contributed by atoms with Gasteiger partial charge in [0.15, 0.2) is 0 Å². The van der Waals surface area contributed by atoms with Gasteiger partial charge >= 0.3 is 0 Å². The lowest BCUT2D eigenvalue weighted by Gasteiger charge is -2.36. The smallest absolute Gasteiger partial charge is 0.101 e. The van der Waals surface area contributed by atoms with Crippen LogP contribution < -0.4 is 10.6 Å². The highest BCUT2D eigenvalue weighted by Crippen LogP contribution is 2.25. The molecule has 0 aliphatic carbocycles. The van der Waals surface area contributed by atoms with Crippen LogP contribution in [0.4, 0.5) is 11.4 Å². The van der Waals surface area contributed by atoms with Gasteiger partial charge in [0, 0.05) is 12.7 Å². The second-order valence-electron chi connectivity index (χ2n) is 4.41.